The normalized spacial score (nSPS) is 15.3. The van der Waals surface area contributed by atoms with Gasteiger partial charge in [0.2, 0.25) is 10.0 Å². The van der Waals surface area contributed by atoms with Crippen molar-refractivity contribution in [3.63, 3.8) is 0 Å². The second-order valence-electron chi connectivity index (χ2n) is 3.61. The second kappa shape index (κ2) is 4.93. The zero-order valence-corrected chi connectivity index (χ0v) is 9.63. The van der Waals surface area contributed by atoms with Gasteiger partial charge in [0.05, 0.1) is 5.75 Å². The van der Waals surface area contributed by atoms with Gasteiger partial charge >= 0.3 is 0 Å². The number of sulfonamides is 1. The van der Waals surface area contributed by atoms with Crippen molar-refractivity contribution in [3.8, 4) is 0 Å². The Balaban J connectivity index is 4.49. The van der Waals surface area contributed by atoms with Crippen LogP contribution in [0.3, 0.4) is 0 Å². The molecule has 2 N–H and O–H groups in total. The Morgan fingerprint density at radius 1 is 1.31 bits per heavy atom. The lowest BCUT2D eigenvalue weighted by atomic mass is 10.1. The van der Waals surface area contributed by atoms with E-state index in [-0.39, 0.29) is 18.3 Å². The van der Waals surface area contributed by atoms with Crippen molar-refractivity contribution in [1.82, 2.24) is 4.31 Å². The zero-order chi connectivity index (χ0) is 10.6. The molecule has 0 fully saturated rings. The van der Waals surface area contributed by atoms with Gasteiger partial charge in [0.15, 0.2) is 0 Å². The molecule has 1 unspecified atom stereocenters. The minimum atomic E-state index is -3.15. The van der Waals surface area contributed by atoms with E-state index in [0.717, 1.165) is 0 Å². The van der Waals surface area contributed by atoms with Crippen molar-refractivity contribution in [3.05, 3.63) is 0 Å². The molecule has 4 nitrogen and oxygen atoms in total. The molecular formula is C8H20N2O2S. The maximum atomic E-state index is 11.5. The van der Waals surface area contributed by atoms with Crippen LogP contribution in [0.1, 0.15) is 20.8 Å². The Morgan fingerprint density at radius 3 is 2.08 bits per heavy atom. The summed E-state index contributed by atoms with van der Waals surface area (Å²) in [6.45, 7) is 6.08. The van der Waals surface area contributed by atoms with Gasteiger partial charge in [-0.25, -0.2) is 12.7 Å². The summed E-state index contributed by atoms with van der Waals surface area (Å²) in [4.78, 5) is 0. The van der Waals surface area contributed by atoms with E-state index in [9.17, 15) is 8.42 Å². The first kappa shape index (κ1) is 12.9. The lowest BCUT2D eigenvalue weighted by Gasteiger charge is -2.26. The maximum absolute atomic E-state index is 11.5. The Bertz CT molecular complexity index is 237. The van der Waals surface area contributed by atoms with Gasteiger partial charge < -0.3 is 5.73 Å². The Hall–Kier alpha value is -0.130. The van der Waals surface area contributed by atoms with Crippen molar-refractivity contribution >= 4 is 10.0 Å². The third-order valence-electron chi connectivity index (χ3n) is 2.35. The minimum Gasteiger partial charge on any atom is -0.329 e. The lowest BCUT2D eigenvalue weighted by molar-refractivity contribution is 0.316. The first-order valence-corrected chi connectivity index (χ1v) is 6.09. The van der Waals surface area contributed by atoms with E-state index in [2.05, 4.69) is 0 Å². The SMILES string of the molecule is CC(C)C(C)N(C)S(=O)(=O)CCN. The average Bonchev–Trinajstić information content (AvgIpc) is 2.01. The van der Waals surface area contributed by atoms with Crippen LogP contribution in [0.5, 0.6) is 0 Å². The van der Waals surface area contributed by atoms with Gasteiger partial charge in [0, 0.05) is 19.6 Å². The molecule has 0 amide bonds. The summed E-state index contributed by atoms with van der Waals surface area (Å²) in [6.07, 6.45) is 0. The van der Waals surface area contributed by atoms with Crippen LogP contribution in [0, 0.1) is 5.92 Å². The largest absolute Gasteiger partial charge is 0.329 e. The van der Waals surface area contributed by atoms with Crippen LogP contribution in [0.2, 0.25) is 0 Å². The van der Waals surface area contributed by atoms with Crippen LogP contribution in [0.15, 0.2) is 0 Å². The second-order valence-corrected chi connectivity index (χ2v) is 5.75. The van der Waals surface area contributed by atoms with Crippen LogP contribution in [0.4, 0.5) is 0 Å². The number of nitrogens with zero attached hydrogens (tertiary/aromatic N) is 1. The number of rotatable bonds is 5. The molecule has 0 spiro atoms. The Morgan fingerprint density at radius 2 is 1.77 bits per heavy atom. The van der Waals surface area contributed by atoms with Crippen LogP contribution >= 0.6 is 0 Å². The highest BCUT2D eigenvalue weighted by molar-refractivity contribution is 7.89. The highest BCUT2D eigenvalue weighted by Crippen LogP contribution is 2.12. The average molecular weight is 208 g/mol. The fourth-order valence-corrected chi connectivity index (χ4v) is 2.30. The molecule has 5 heteroatoms. The summed E-state index contributed by atoms with van der Waals surface area (Å²) in [5.41, 5.74) is 5.22. The smallest absolute Gasteiger partial charge is 0.215 e. The van der Waals surface area contributed by atoms with Gasteiger partial charge in [-0.05, 0) is 12.8 Å². The maximum Gasteiger partial charge on any atom is 0.215 e. The standard InChI is InChI=1S/C8H20N2O2S/c1-7(2)8(3)10(4)13(11,12)6-5-9/h7-8H,5-6,9H2,1-4H3. The molecule has 0 aliphatic rings. The van der Waals surface area contributed by atoms with E-state index in [1.165, 1.54) is 4.31 Å². The van der Waals surface area contributed by atoms with Gasteiger partial charge in [0.1, 0.15) is 0 Å². The summed E-state index contributed by atoms with van der Waals surface area (Å²) >= 11 is 0. The molecule has 0 radical (unpaired) electrons. The van der Waals surface area contributed by atoms with Crippen molar-refractivity contribution in [1.29, 1.82) is 0 Å². The van der Waals surface area contributed by atoms with E-state index in [4.69, 9.17) is 5.73 Å². The number of hydrogen-bond acceptors (Lipinski definition) is 3. The van der Waals surface area contributed by atoms with Crippen LogP contribution in [0.25, 0.3) is 0 Å². The molecule has 13 heavy (non-hydrogen) atoms. The molecule has 1 atom stereocenters. The molecule has 0 heterocycles. The van der Waals surface area contributed by atoms with E-state index >= 15 is 0 Å². The third-order valence-corrected chi connectivity index (χ3v) is 4.31. The van der Waals surface area contributed by atoms with Gasteiger partial charge in [-0.3, -0.25) is 0 Å². The summed E-state index contributed by atoms with van der Waals surface area (Å²) in [5.74, 6) is 0.346. The highest BCUT2D eigenvalue weighted by atomic mass is 32.2. The summed E-state index contributed by atoms with van der Waals surface area (Å²) in [5, 5.41) is 0. The van der Waals surface area contributed by atoms with Crippen LogP contribution in [-0.4, -0.2) is 38.1 Å². The van der Waals surface area contributed by atoms with Gasteiger partial charge in [-0.1, -0.05) is 13.8 Å². The summed E-state index contributed by atoms with van der Waals surface area (Å²) in [7, 11) is -1.54. The molecular weight excluding hydrogens is 188 g/mol. The van der Waals surface area contributed by atoms with Crippen LogP contribution in [-0.2, 0) is 10.0 Å². The summed E-state index contributed by atoms with van der Waals surface area (Å²) < 4.78 is 24.5. The zero-order valence-electron chi connectivity index (χ0n) is 8.82. The predicted octanol–water partition coefficient (Wildman–Crippen LogP) is 0.251. The lowest BCUT2D eigenvalue weighted by Crippen LogP contribution is -2.40. The van der Waals surface area contributed by atoms with Crippen molar-refractivity contribution < 1.29 is 8.42 Å². The highest BCUT2D eigenvalue weighted by Gasteiger charge is 2.23. The van der Waals surface area contributed by atoms with Gasteiger partial charge in [0.25, 0.3) is 0 Å². The molecule has 0 aromatic carbocycles. The molecule has 0 aliphatic carbocycles. The van der Waals surface area contributed by atoms with Gasteiger partial charge in [-0.2, -0.15) is 0 Å². The van der Waals surface area contributed by atoms with Crippen molar-refractivity contribution in [2.24, 2.45) is 11.7 Å². The van der Waals surface area contributed by atoms with Crippen molar-refractivity contribution in [2.45, 2.75) is 26.8 Å². The van der Waals surface area contributed by atoms with Crippen molar-refractivity contribution in [2.75, 3.05) is 19.3 Å². The molecule has 0 saturated carbocycles. The molecule has 0 rings (SSSR count). The van der Waals surface area contributed by atoms with E-state index in [0.29, 0.717) is 5.92 Å². The first-order valence-electron chi connectivity index (χ1n) is 4.48. The van der Waals surface area contributed by atoms with Gasteiger partial charge in [-0.15, -0.1) is 0 Å². The Kier molecular flexibility index (Phi) is 4.88. The Labute approximate surface area is 81.2 Å². The van der Waals surface area contributed by atoms with E-state index in [1.807, 2.05) is 20.8 Å². The fraction of sp³-hybridized carbons (Fsp3) is 1.00. The minimum absolute atomic E-state index is 0.0246. The van der Waals surface area contributed by atoms with Crippen LogP contribution < -0.4 is 5.73 Å². The molecule has 0 aromatic heterocycles. The number of nitrogens with two attached hydrogens (primary N) is 1. The number of hydrogen-bond donors (Lipinski definition) is 1. The topological polar surface area (TPSA) is 63.4 Å². The summed E-state index contributed by atoms with van der Waals surface area (Å²) in [6, 6.07) is 0.0246. The quantitative estimate of drug-likeness (QED) is 0.704. The molecule has 0 aromatic rings. The molecule has 0 bridgehead atoms. The van der Waals surface area contributed by atoms with E-state index in [1.54, 1.807) is 7.05 Å². The predicted molar refractivity (Wildman–Crippen MR) is 54.9 cm³/mol. The van der Waals surface area contributed by atoms with E-state index < -0.39 is 10.0 Å². The molecule has 80 valence electrons. The molecule has 0 aliphatic heterocycles. The first-order chi connectivity index (χ1) is 5.83. The fourth-order valence-electron chi connectivity index (χ4n) is 0.966. The third kappa shape index (κ3) is 3.62. The molecule has 0 saturated heterocycles. The monoisotopic (exact) mass is 208 g/mol.